The number of benzene rings is 1. The van der Waals surface area contributed by atoms with E-state index in [4.69, 9.17) is 0 Å². The summed E-state index contributed by atoms with van der Waals surface area (Å²) in [6, 6.07) is 2.74. The van der Waals surface area contributed by atoms with Crippen LogP contribution in [0.25, 0.3) is 5.69 Å². The molecule has 21 heavy (non-hydrogen) atoms. The zero-order valence-corrected chi connectivity index (χ0v) is 12.9. The van der Waals surface area contributed by atoms with Gasteiger partial charge in [-0.3, -0.25) is 0 Å². The first-order valence-corrected chi connectivity index (χ1v) is 7.17. The highest BCUT2D eigenvalue weighted by Crippen LogP contribution is 2.23. The average Bonchev–Trinajstić information content (AvgIpc) is 2.66. The Hall–Kier alpha value is -1.75. The number of hydrogen-bond acceptors (Lipinski definition) is 2. The molecule has 3 nitrogen and oxygen atoms in total. The minimum absolute atomic E-state index is 0.108. The Balaban J connectivity index is 2.39. The van der Waals surface area contributed by atoms with Crippen LogP contribution in [-0.2, 0) is 6.54 Å². The van der Waals surface area contributed by atoms with E-state index in [2.05, 4.69) is 10.4 Å². The van der Waals surface area contributed by atoms with Gasteiger partial charge in [0.05, 0.1) is 5.69 Å². The number of aryl methyl sites for hydroxylation is 1. The van der Waals surface area contributed by atoms with E-state index in [1.165, 1.54) is 16.8 Å². The standard InChI is InChI=1S/C16H21F2N3/c1-5-6-19-9-13-7-14(17)16(15(18)8-13)21-12(4)10(2)11(3)20-21/h7-8,19H,5-6,9H2,1-4H3. The average molecular weight is 293 g/mol. The Labute approximate surface area is 124 Å². The van der Waals surface area contributed by atoms with E-state index in [9.17, 15) is 8.78 Å². The number of aromatic nitrogens is 2. The maximum Gasteiger partial charge on any atom is 0.152 e. The molecule has 0 aliphatic heterocycles. The van der Waals surface area contributed by atoms with Crippen LogP contribution in [0, 0.1) is 32.4 Å². The molecule has 0 saturated heterocycles. The molecule has 1 aromatic heterocycles. The van der Waals surface area contributed by atoms with Gasteiger partial charge in [-0.15, -0.1) is 0 Å². The molecule has 5 heteroatoms. The molecule has 0 bridgehead atoms. The van der Waals surface area contributed by atoms with E-state index in [0.717, 1.165) is 29.9 Å². The number of hydrogen-bond donors (Lipinski definition) is 1. The van der Waals surface area contributed by atoms with Crippen molar-refractivity contribution in [3.63, 3.8) is 0 Å². The molecule has 0 radical (unpaired) electrons. The zero-order valence-electron chi connectivity index (χ0n) is 12.9. The highest BCUT2D eigenvalue weighted by molar-refractivity contribution is 5.41. The second kappa shape index (κ2) is 6.35. The zero-order chi connectivity index (χ0) is 15.6. The Morgan fingerprint density at radius 1 is 1.14 bits per heavy atom. The Morgan fingerprint density at radius 3 is 2.24 bits per heavy atom. The second-order valence-electron chi connectivity index (χ2n) is 5.29. The van der Waals surface area contributed by atoms with Crippen molar-refractivity contribution < 1.29 is 8.78 Å². The number of halogens is 2. The maximum atomic E-state index is 14.3. The summed E-state index contributed by atoms with van der Waals surface area (Å²) >= 11 is 0. The molecule has 0 atom stereocenters. The lowest BCUT2D eigenvalue weighted by molar-refractivity contribution is 0.550. The van der Waals surface area contributed by atoms with Crippen molar-refractivity contribution in [2.75, 3.05) is 6.54 Å². The molecular formula is C16H21F2N3. The number of rotatable bonds is 5. The van der Waals surface area contributed by atoms with Crippen LogP contribution in [0.2, 0.25) is 0 Å². The minimum atomic E-state index is -0.589. The van der Waals surface area contributed by atoms with Gasteiger partial charge in [-0.2, -0.15) is 5.10 Å². The fraction of sp³-hybridized carbons (Fsp3) is 0.438. The molecule has 1 N–H and O–H groups in total. The maximum absolute atomic E-state index is 14.3. The van der Waals surface area contributed by atoms with E-state index in [-0.39, 0.29) is 5.69 Å². The molecule has 1 aromatic carbocycles. The summed E-state index contributed by atoms with van der Waals surface area (Å²) in [7, 11) is 0. The van der Waals surface area contributed by atoms with Gasteiger partial charge in [0.1, 0.15) is 5.69 Å². The molecule has 0 aliphatic rings. The summed E-state index contributed by atoms with van der Waals surface area (Å²) in [4.78, 5) is 0. The van der Waals surface area contributed by atoms with Gasteiger partial charge in [0, 0.05) is 12.2 Å². The van der Waals surface area contributed by atoms with E-state index < -0.39 is 11.6 Å². The van der Waals surface area contributed by atoms with Gasteiger partial charge >= 0.3 is 0 Å². The summed E-state index contributed by atoms with van der Waals surface area (Å²) in [5, 5.41) is 7.36. The van der Waals surface area contributed by atoms with Gasteiger partial charge in [0.25, 0.3) is 0 Å². The van der Waals surface area contributed by atoms with Crippen molar-refractivity contribution in [1.82, 2.24) is 15.1 Å². The summed E-state index contributed by atoms with van der Waals surface area (Å²) in [5.41, 5.74) is 2.97. The summed E-state index contributed by atoms with van der Waals surface area (Å²) < 4.78 is 29.9. The van der Waals surface area contributed by atoms with Crippen LogP contribution in [0.15, 0.2) is 12.1 Å². The molecule has 2 rings (SSSR count). The summed E-state index contributed by atoms with van der Waals surface area (Å²) in [6.45, 7) is 8.86. The monoisotopic (exact) mass is 293 g/mol. The Morgan fingerprint density at radius 2 is 1.76 bits per heavy atom. The van der Waals surface area contributed by atoms with Crippen molar-refractivity contribution in [1.29, 1.82) is 0 Å². The predicted octanol–water partition coefficient (Wildman–Crippen LogP) is 3.58. The molecule has 114 valence electrons. The predicted molar refractivity (Wildman–Crippen MR) is 79.7 cm³/mol. The van der Waals surface area contributed by atoms with Gasteiger partial charge in [-0.1, -0.05) is 6.92 Å². The Kier molecular flexibility index (Phi) is 4.73. The SMILES string of the molecule is CCCNCc1cc(F)c(-n2nc(C)c(C)c2C)c(F)c1. The van der Waals surface area contributed by atoms with Crippen molar-refractivity contribution >= 4 is 0 Å². The van der Waals surface area contributed by atoms with Crippen LogP contribution in [0.3, 0.4) is 0 Å². The van der Waals surface area contributed by atoms with Crippen molar-refractivity contribution in [3.8, 4) is 5.69 Å². The van der Waals surface area contributed by atoms with Gasteiger partial charge in [-0.25, -0.2) is 13.5 Å². The fourth-order valence-corrected chi connectivity index (χ4v) is 2.27. The number of nitrogens with zero attached hydrogens (tertiary/aromatic N) is 2. The fourth-order valence-electron chi connectivity index (χ4n) is 2.27. The first-order valence-electron chi connectivity index (χ1n) is 7.17. The number of nitrogens with one attached hydrogen (secondary N) is 1. The normalized spacial score (nSPS) is 11.1. The lowest BCUT2D eigenvalue weighted by Crippen LogP contribution is -2.15. The van der Waals surface area contributed by atoms with Crippen molar-refractivity contribution in [2.45, 2.75) is 40.7 Å². The van der Waals surface area contributed by atoms with Crippen molar-refractivity contribution in [2.24, 2.45) is 0 Å². The molecule has 0 fully saturated rings. The van der Waals surface area contributed by atoms with Crippen LogP contribution in [0.5, 0.6) is 0 Å². The first-order chi connectivity index (χ1) is 9.95. The van der Waals surface area contributed by atoms with Crippen LogP contribution in [0.4, 0.5) is 8.78 Å². The molecule has 0 spiro atoms. The van der Waals surface area contributed by atoms with Gasteiger partial charge < -0.3 is 5.32 Å². The Bertz CT molecular complexity index is 624. The van der Waals surface area contributed by atoms with E-state index >= 15 is 0 Å². The van der Waals surface area contributed by atoms with Gasteiger partial charge in [-0.05, 0) is 57.0 Å². The molecule has 1 heterocycles. The molecule has 2 aromatic rings. The third-order valence-corrected chi connectivity index (χ3v) is 3.70. The highest BCUT2D eigenvalue weighted by Gasteiger charge is 2.18. The molecule has 0 amide bonds. The smallest absolute Gasteiger partial charge is 0.152 e. The minimum Gasteiger partial charge on any atom is -0.313 e. The summed E-state index contributed by atoms with van der Waals surface area (Å²) in [5.74, 6) is -1.18. The van der Waals surface area contributed by atoms with Gasteiger partial charge in [0.2, 0.25) is 0 Å². The first kappa shape index (κ1) is 15.6. The summed E-state index contributed by atoms with van der Waals surface area (Å²) in [6.07, 6.45) is 0.980. The van der Waals surface area contributed by atoms with Gasteiger partial charge in [0.15, 0.2) is 11.6 Å². The lowest BCUT2D eigenvalue weighted by atomic mass is 10.1. The topological polar surface area (TPSA) is 29.9 Å². The van der Waals surface area contributed by atoms with Crippen LogP contribution in [0.1, 0.15) is 35.9 Å². The lowest BCUT2D eigenvalue weighted by Gasteiger charge is -2.10. The second-order valence-corrected chi connectivity index (χ2v) is 5.29. The quantitative estimate of drug-likeness (QED) is 0.854. The van der Waals surface area contributed by atoms with Crippen LogP contribution < -0.4 is 5.32 Å². The largest absolute Gasteiger partial charge is 0.313 e. The third-order valence-electron chi connectivity index (χ3n) is 3.70. The molecular weight excluding hydrogens is 272 g/mol. The van der Waals surface area contributed by atoms with Crippen LogP contribution >= 0.6 is 0 Å². The van der Waals surface area contributed by atoms with E-state index in [0.29, 0.717) is 12.1 Å². The van der Waals surface area contributed by atoms with E-state index in [1.54, 1.807) is 0 Å². The van der Waals surface area contributed by atoms with Crippen LogP contribution in [-0.4, -0.2) is 16.3 Å². The highest BCUT2D eigenvalue weighted by atomic mass is 19.1. The van der Waals surface area contributed by atoms with E-state index in [1.807, 2.05) is 27.7 Å². The molecule has 0 unspecified atom stereocenters. The molecule has 0 saturated carbocycles. The third kappa shape index (κ3) is 3.13. The van der Waals surface area contributed by atoms with Crippen molar-refractivity contribution in [3.05, 3.63) is 46.3 Å². The molecule has 0 aliphatic carbocycles.